The second-order valence-electron chi connectivity index (χ2n) is 18.6. The minimum atomic E-state index is -0.820. The molecule has 0 fully saturated rings. The molecule has 6 nitrogen and oxygen atoms in total. The summed E-state index contributed by atoms with van der Waals surface area (Å²) in [6, 6.07) is -0.741. The Labute approximate surface area is 414 Å². The minimum absolute atomic E-state index is 0.0105. The van der Waals surface area contributed by atoms with Crippen LogP contribution in [0.15, 0.2) is 97.2 Å². The minimum Gasteiger partial charge on any atom is -0.461 e. The molecule has 0 aliphatic rings. The summed E-state index contributed by atoms with van der Waals surface area (Å²) in [7, 11) is 0. The Balaban J connectivity index is 4.68. The van der Waals surface area contributed by atoms with E-state index < -0.39 is 18.2 Å². The van der Waals surface area contributed by atoms with Gasteiger partial charge in [0.1, 0.15) is 6.10 Å². The van der Waals surface area contributed by atoms with Gasteiger partial charge in [-0.05, 0) is 77.0 Å². The zero-order valence-corrected chi connectivity index (χ0v) is 43.8. The van der Waals surface area contributed by atoms with E-state index in [1.807, 2.05) is 12.2 Å². The first-order valence-electron chi connectivity index (χ1n) is 28.0. The molecule has 384 valence electrons. The third-order valence-corrected chi connectivity index (χ3v) is 12.2. The molecule has 0 bridgehead atoms. The fraction of sp³-hybridized carbons (Fsp3) is 0.705. The lowest BCUT2D eigenvalue weighted by molar-refractivity contribution is -0.150. The molecule has 3 unspecified atom stereocenters. The fourth-order valence-corrected chi connectivity index (χ4v) is 8.00. The molecule has 1 amide bonds. The number of carbonyl (C=O) groups is 2. The van der Waals surface area contributed by atoms with E-state index in [2.05, 4.69) is 111 Å². The van der Waals surface area contributed by atoms with Crippen molar-refractivity contribution < 1.29 is 24.5 Å². The number of nitrogens with one attached hydrogen (secondary N) is 1. The van der Waals surface area contributed by atoms with Gasteiger partial charge in [0.15, 0.2) is 0 Å². The molecule has 6 heteroatoms. The molecule has 0 aliphatic heterocycles. The lowest BCUT2D eigenvalue weighted by Gasteiger charge is -2.24. The van der Waals surface area contributed by atoms with Crippen molar-refractivity contribution in [3.63, 3.8) is 0 Å². The van der Waals surface area contributed by atoms with Crippen molar-refractivity contribution in [2.24, 2.45) is 0 Å². The normalized spacial score (nSPS) is 13.9. The highest BCUT2D eigenvalue weighted by molar-refractivity contribution is 5.77. The smallest absolute Gasteiger partial charge is 0.306 e. The van der Waals surface area contributed by atoms with Gasteiger partial charge >= 0.3 is 5.97 Å². The first kappa shape index (κ1) is 63.8. The Morgan fingerprint density at radius 1 is 0.463 bits per heavy atom. The van der Waals surface area contributed by atoms with E-state index >= 15 is 0 Å². The van der Waals surface area contributed by atoms with Gasteiger partial charge in [0.05, 0.1) is 25.2 Å². The van der Waals surface area contributed by atoms with E-state index in [0.717, 1.165) is 103 Å². The SMILES string of the molecule is CC/C=C\C/C=C\C/C=C\C/C=C\C/C=C\CC(CC(=O)NC(CO)C(O)CCCCCCCCCCCCCCCCCCC)OC(=O)CCCCCCCC/C=C/C/C=C/C/C=C/CC. The molecule has 0 heterocycles. The molecular formula is C61H105NO5. The van der Waals surface area contributed by atoms with Crippen LogP contribution >= 0.6 is 0 Å². The molecule has 0 aromatic heterocycles. The number of hydrogen-bond acceptors (Lipinski definition) is 5. The van der Waals surface area contributed by atoms with Gasteiger partial charge in [0, 0.05) is 12.8 Å². The third kappa shape index (κ3) is 49.0. The molecule has 0 rings (SSSR count). The second kappa shape index (κ2) is 53.7. The Bertz CT molecular complexity index is 1320. The zero-order valence-electron chi connectivity index (χ0n) is 43.8. The van der Waals surface area contributed by atoms with Crippen LogP contribution in [-0.4, -0.2) is 46.9 Å². The number of rotatable bonds is 49. The highest BCUT2D eigenvalue weighted by atomic mass is 16.5. The maximum Gasteiger partial charge on any atom is 0.306 e. The summed E-state index contributed by atoms with van der Waals surface area (Å²) >= 11 is 0. The van der Waals surface area contributed by atoms with Gasteiger partial charge < -0.3 is 20.3 Å². The van der Waals surface area contributed by atoms with Crippen LogP contribution in [-0.2, 0) is 14.3 Å². The number of aliphatic hydroxyl groups is 2. The van der Waals surface area contributed by atoms with Crippen LogP contribution in [0.5, 0.6) is 0 Å². The molecule has 67 heavy (non-hydrogen) atoms. The highest BCUT2D eigenvalue weighted by Crippen LogP contribution is 2.17. The van der Waals surface area contributed by atoms with Gasteiger partial charge in [0.25, 0.3) is 0 Å². The lowest BCUT2D eigenvalue weighted by atomic mass is 10.0. The maximum absolute atomic E-state index is 13.2. The first-order chi connectivity index (χ1) is 33.0. The Kier molecular flexibility index (Phi) is 51.1. The summed E-state index contributed by atoms with van der Waals surface area (Å²) in [4.78, 5) is 26.2. The number of ether oxygens (including phenoxy) is 1. The van der Waals surface area contributed by atoms with Crippen LogP contribution in [0.25, 0.3) is 0 Å². The number of aliphatic hydroxyl groups excluding tert-OH is 2. The standard InChI is InChI=1S/C61H105NO5/c1-4-7-10-13-16-19-22-25-28-30-32-35-38-41-44-47-50-53-59(64)58(56-63)62-60(65)55-57(52-49-46-43-40-37-34-31-27-24-21-18-15-12-9-6-3)67-61(66)54-51-48-45-42-39-36-33-29-26-23-20-17-14-11-8-5-2/h8-9,11-12,17-18,20-21,26-27,29,31,37,40,46,49,57-59,63-64H,4-7,10,13-16,19,22-25,28,30,32-36,38-39,41-45,47-48,50-56H2,1-3H3,(H,62,65)/b11-8+,12-9-,20-17+,21-18-,29-26+,31-27-,40-37-,49-46-. The third-order valence-electron chi connectivity index (χ3n) is 12.2. The number of esters is 1. The zero-order chi connectivity index (χ0) is 48.8. The fourth-order valence-electron chi connectivity index (χ4n) is 8.00. The van der Waals surface area contributed by atoms with Crippen molar-refractivity contribution in [1.29, 1.82) is 0 Å². The Morgan fingerprint density at radius 3 is 1.27 bits per heavy atom. The van der Waals surface area contributed by atoms with Crippen LogP contribution in [0, 0.1) is 0 Å². The lowest BCUT2D eigenvalue weighted by Crippen LogP contribution is -2.46. The first-order valence-corrected chi connectivity index (χ1v) is 28.0. The quantitative estimate of drug-likeness (QED) is 0.0321. The summed E-state index contributed by atoms with van der Waals surface area (Å²) in [5, 5.41) is 23.8. The van der Waals surface area contributed by atoms with Crippen molar-refractivity contribution in [2.75, 3.05) is 6.61 Å². The average molecular weight is 933 g/mol. The van der Waals surface area contributed by atoms with Gasteiger partial charge in [-0.3, -0.25) is 9.59 Å². The number of amides is 1. The van der Waals surface area contributed by atoms with E-state index in [4.69, 9.17) is 4.74 Å². The molecule has 0 saturated carbocycles. The van der Waals surface area contributed by atoms with Crippen LogP contribution in [0.1, 0.15) is 252 Å². The van der Waals surface area contributed by atoms with Crippen LogP contribution in [0.2, 0.25) is 0 Å². The molecule has 0 aliphatic carbocycles. The summed E-state index contributed by atoms with van der Waals surface area (Å²) < 4.78 is 5.88. The summed E-state index contributed by atoms with van der Waals surface area (Å²) in [5.41, 5.74) is 0. The molecule has 0 aromatic carbocycles. The highest BCUT2D eigenvalue weighted by Gasteiger charge is 2.23. The maximum atomic E-state index is 13.2. The van der Waals surface area contributed by atoms with Crippen molar-refractivity contribution in [3.8, 4) is 0 Å². The van der Waals surface area contributed by atoms with E-state index in [9.17, 15) is 19.8 Å². The van der Waals surface area contributed by atoms with Gasteiger partial charge in [-0.15, -0.1) is 0 Å². The summed E-state index contributed by atoms with van der Waals surface area (Å²) in [6.07, 6.45) is 72.0. The molecule has 3 N–H and O–H groups in total. The van der Waals surface area contributed by atoms with Gasteiger partial charge in [-0.2, -0.15) is 0 Å². The molecular weight excluding hydrogens is 827 g/mol. The predicted octanol–water partition coefficient (Wildman–Crippen LogP) is 17.3. The number of carbonyl (C=O) groups excluding carboxylic acids is 2. The molecule has 0 saturated heterocycles. The predicted molar refractivity (Wildman–Crippen MR) is 291 cm³/mol. The van der Waals surface area contributed by atoms with Crippen molar-refractivity contribution in [2.45, 2.75) is 270 Å². The molecule has 0 aromatic rings. The van der Waals surface area contributed by atoms with E-state index in [1.165, 1.54) is 103 Å². The Morgan fingerprint density at radius 2 is 0.836 bits per heavy atom. The van der Waals surface area contributed by atoms with Gasteiger partial charge in [0.2, 0.25) is 5.91 Å². The topological polar surface area (TPSA) is 95.9 Å². The largest absolute Gasteiger partial charge is 0.461 e. The van der Waals surface area contributed by atoms with E-state index in [1.54, 1.807) is 0 Å². The van der Waals surface area contributed by atoms with Crippen LogP contribution < -0.4 is 5.32 Å². The monoisotopic (exact) mass is 932 g/mol. The second-order valence-corrected chi connectivity index (χ2v) is 18.6. The molecule has 0 radical (unpaired) electrons. The number of hydrogen-bond donors (Lipinski definition) is 3. The van der Waals surface area contributed by atoms with Crippen LogP contribution in [0.4, 0.5) is 0 Å². The molecule has 0 spiro atoms. The van der Waals surface area contributed by atoms with Crippen molar-refractivity contribution in [1.82, 2.24) is 5.32 Å². The van der Waals surface area contributed by atoms with E-state index in [0.29, 0.717) is 19.3 Å². The summed E-state index contributed by atoms with van der Waals surface area (Å²) in [6.45, 7) is 6.24. The van der Waals surface area contributed by atoms with Gasteiger partial charge in [-0.1, -0.05) is 253 Å². The van der Waals surface area contributed by atoms with E-state index in [-0.39, 0.29) is 24.9 Å². The van der Waals surface area contributed by atoms with Crippen LogP contribution in [0.3, 0.4) is 0 Å². The van der Waals surface area contributed by atoms with Crippen molar-refractivity contribution in [3.05, 3.63) is 97.2 Å². The number of unbranched alkanes of at least 4 members (excludes halogenated alkanes) is 22. The van der Waals surface area contributed by atoms with Gasteiger partial charge in [-0.25, -0.2) is 0 Å². The molecule has 3 atom stereocenters. The van der Waals surface area contributed by atoms with Crippen molar-refractivity contribution >= 4 is 11.9 Å². The summed E-state index contributed by atoms with van der Waals surface area (Å²) in [5.74, 6) is -0.597. The Hall–Kier alpha value is -3.22. The average Bonchev–Trinajstić information content (AvgIpc) is 3.32. The number of allylic oxidation sites excluding steroid dienone is 15.